The molecule has 0 heterocycles. The highest BCUT2D eigenvalue weighted by molar-refractivity contribution is 5.83. The van der Waals surface area contributed by atoms with Gasteiger partial charge < -0.3 is 9.84 Å². The maximum absolute atomic E-state index is 13.2. The number of ether oxygens (including phenoxy) is 1. The standard InChI is InChI=1S/C25H40O4/c1-15(5-8-23(28)29-4)18-6-7-19-17-14-22(27)21-13-16(26)9-11-25(21,3)20(17)10-12-24(18,19)2/h15-21,26H,5-14H2,1-4H3/t15-,16-,17+,18-,19+,20+,21-,24-,25-/m1/s1. The third kappa shape index (κ3) is 3.38. The van der Waals surface area contributed by atoms with E-state index in [2.05, 4.69) is 20.8 Å². The SMILES string of the molecule is COC(=O)CC[C@@H](C)[C@H]1CC[C@H]2[C@@H]3CC(=O)[C@H]4C[C@H](O)CC[C@]4(C)[C@H]3CC[C@]12C. The van der Waals surface area contributed by atoms with Crippen molar-refractivity contribution in [3.05, 3.63) is 0 Å². The average molecular weight is 405 g/mol. The predicted molar refractivity (Wildman–Crippen MR) is 112 cm³/mol. The van der Waals surface area contributed by atoms with Crippen molar-refractivity contribution in [1.82, 2.24) is 0 Å². The van der Waals surface area contributed by atoms with Crippen LogP contribution in [0.3, 0.4) is 0 Å². The number of ketones is 1. The molecule has 4 aliphatic rings. The number of esters is 1. The van der Waals surface area contributed by atoms with Gasteiger partial charge in [0.2, 0.25) is 0 Å². The number of Topliss-reactive ketones (excluding diaryl/α,β-unsaturated/α-hetero) is 1. The third-order valence-corrected chi connectivity index (χ3v) is 10.2. The van der Waals surface area contributed by atoms with Gasteiger partial charge in [-0.15, -0.1) is 0 Å². The number of rotatable bonds is 4. The molecule has 9 atom stereocenters. The fraction of sp³-hybridized carbons (Fsp3) is 0.920. The van der Waals surface area contributed by atoms with E-state index < -0.39 is 0 Å². The van der Waals surface area contributed by atoms with Crippen molar-refractivity contribution in [1.29, 1.82) is 0 Å². The van der Waals surface area contributed by atoms with Crippen molar-refractivity contribution < 1.29 is 19.4 Å². The summed E-state index contributed by atoms with van der Waals surface area (Å²) in [4.78, 5) is 24.8. The molecule has 0 aliphatic heterocycles. The first-order valence-corrected chi connectivity index (χ1v) is 12.0. The largest absolute Gasteiger partial charge is 0.469 e. The Hall–Kier alpha value is -0.900. The van der Waals surface area contributed by atoms with E-state index in [1.54, 1.807) is 0 Å². The summed E-state index contributed by atoms with van der Waals surface area (Å²) in [6.07, 6.45) is 9.39. The molecule has 4 saturated carbocycles. The van der Waals surface area contributed by atoms with E-state index in [4.69, 9.17) is 4.74 Å². The Bertz CT molecular complexity index is 659. The van der Waals surface area contributed by atoms with Crippen LogP contribution in [-0.2, 0) is 14.3 Å². The highest BCUT2D eigenvalue weighted by Gasteiger charge is 2.62. The second-order valence-electron chi connectivity index (χ2n) is 11.4. The lowest BCUT2D eigenvalue weighted by Gasteiger charge is -2.60. The number of methoxy groups -OCH3 is 1. The van der Waals surface area contributed by atoms with E-state index in [-0.39, 0.29) is 23.4 Å². The van der Waals surface area contributed by atoms with Crippen LogP contribution < -0.4 is 0 Å². The van der Waals surface area contributed by atoms with Crippen LogP contribution in [0.2, 0.25) is 0 Å². The molecular weight excluding hydrogens is 364 g/mol. The second-order valence-corrected chi connectivity index (χ2v) is 11.4. The zero-order valence-corrected chi connectivity index (χ0v) is 18.8. The van der Waals surface area contributed by atoms with Crippen LogP contribution in [0, 0.1) is 46.3 Å². The lowest BCUT2D eigenvalue weighted by atomic mass is 9.44. The van der Waals surface area contributed by atoms with Crippen LogP contribution in [0.25, 0.3) is 0 Å². The highest BCUT2D eigenvalue weighted by atomic mass is 16.5. The lowest BCUT2D eigenvalue weighted by molar-refractivity contribution is -0.160. The first kappa shape index (κ1) is 21.3. The quantitative estimate of drug-likeness (QED) is 0.685. The molecule has 4 aliphatic carbocycles. The van der Waals surface area contributed by atoms with Gasteiger partial charge in [0.25, 0.3) is 0 Å². The number of fused-ring (bicyclic) bond motifs is 5. The summed E-state index contributed by atoms with van der Waals surface area (Å²) >= 11 is 0. The van der Waals surface area contributed by atoms with Gasteiger partial charge in [-0.25, -0.2) is 0 Å². The molecule has 0 aromatic rings. The summed E-state index contributed by atoms with van der Waals surface area (Å²) in [5.41, 5.74) is 0.392. The molecule has 29 heavy (non-hydrogen) atoms. The fourth-order valence-corrected chi connectivity index (χ4v) is 8.64. The van der Waals surface area contributed by atoms with Crippen LogP contribution in [-0.4, -0.2) is 30.1 Å². The minimum atomic E-state index is -0.283. The maximum atomic E-state index is 13.2. The lowest BCUT2D eigenvalue weighted by Crippen LogP contribution is -2.57. The van der Waals surface area contributed by atoms with Gasteiger partial charge in [-0.3, -0.25) is 9.59 Å². The van der Waals surface area contributed by atoms with Crippen molar-refractivity contribution in [2.75, 3.05) is 7.11 Å². The van der Waals surface area contributed by atoms with Crippen molar-refractivity contribution in [3.63, 3.8) is 0 Å². The Balaban J connectivity index is 1.52. The Morgan fingerprint density at radius 2 is 1.83 bits per heavy atom. The van der Waals surface area contributed by atoms with E-state index in [9.17, 15) is 14.7 Å². The molecule has 1 N–H and O–H groups in total. The third-order valence-electron chi connectivity index (χ3n) is 10.2. The van der Waals surface area contributed by atoms with Crippen LogP contribution in [0.5, 0.6) is 0 Å². The van der Waals surface area contributed by atoms with Gasteiger partial charge >= 0.3 is 5.97 Å². The number of hydrogen-bond acceptors (Lipinski definition) is 4. The van der Waals surface area contributed by atoms with Crippen LogP contribution in [0.1, 0.15) is 85.0 Å². The molecule has 4 rings (SSSR count). The van der Waals surface area contributed by atoms with Crippen molar-refractivity contribution in [2.24, 2.45) is 46.3 Å². The topological polar surface area (TPSA) is 63.6 Å². The van der Waals surface area contributed by atoms with E-state index in [0.717, 1.165) is 25.7 Å². The Morgan fingerprint density at radius 3 is 2.55 bits per heavy atom. The molecule has 164 valence electrons. The molecule has 0 aromatic heterocycles. The van der Waals surface area contributed by atoms with E-state index in [0.29, 0.717) is 53.6 Å². The zero-order valence-electron chi connectivity index (χ0n) is 18.8. The summed E-state index contributed by atoms with van der Waals surface area (Å²) in [5.74, 6) is 3.37. The summed E-state index contributed by atoms with van der Waals surface area (Å²) in [6, 6.07) is 0. The van der Waals surface area contributed by atoms with Crippen molar-refractivity contribution >= 4 is 11.8 Å². The predicted octanol–water partition coefficient (Wildman–Crippen LogP) is 4.77. The van der Waals surface area contributed by atoms with E-state index in [1.807, 2.05) is 0 Å². The van der Waals surface area contributed by atoms with Gasteiger partial charge in [-0.2, -0.15) is 0 Å². The molecule has 0 radical (unpaired) electrons. The number of carbonyl (C=O) groups excluding carboxylic acids is 2. The van der Waals surface area contributed by atoms with Gasteiger partial charge in [0.05, 0.1) is 13.2 Å². The summed E-state index contributed by atoms with van der Waals surface area (Å²) in [6.45, 7) is 7.18. The normalized spacial score (nSPS) is 47.7. The Labute approximate surface area is 176 Å². The Morgan fingerprint density at radius 1 is 1.14 bits per heavy atom. The number of aliphatic hydroxyl groups excluding tert-OH is 1. The minimum Gasteiger partial charge on any atom is -0.469 e. The minimum absolute atomic E-state index is 0.0769. The van der Waals surface area contributed by atoms with E-state index >= 15 is 0 Å². The Kier molecular flexibility index (Phi) is 5.63. The van der Waals surface area contributed by atoms with Crippen molar-refractivity contribution in [2.45, 2.75) is 91.1 Å². The first-order chi connectivity index (χ1) is 13.7. The molecule has 0 spiro atoms. The molecule has 0 saturated heterocycles. The smallest absolute Gasteiger partial charge is 0.305 e. The van der Waals surface area contributed by atoms with Gasteiger partial charge in [0, 0.05) is 18.8 Å². The molecule has 0 aromatic carbocycles. The number of hydrogen-bond donors (Lipinski definition) is 1. The molecule has 0 amide bonds. The van der Waals surface area contributed by atoms with Gasteiger partial charge in [-0.05, 0) is 91.8 Å². The summed E-state index contributed by atoms with van der Waals surface area (Å²) in [7, 11) is 1.47. The molecule has 4 heteroatoms. The van der Waals surface area contributed by atoms with Gasteiger partial charge in [-0.1, -0.05) is 20.8 Å². The molecule has 0 bridgehead atoms. The molecule has 0 unspecified atom stereocenters. The summed E-state index contributed by atoms with van der Waals surface area (Å²) in [5, 5.41) is 10.2. The number of aliphatic hydroxyl groups is 1. The van der Waals surface area contributed by atoms with Gasteiger partial charge in [0.1, 0.15) is 5.78 Å². The summed E-state index contributed by atoms with van der Waals surface area (Å²) < 4.78 is 4.85. The average Bonchev–Trinajstić information content (AvgIpc) is 3.05. The van der Waals surface area contributed by atoms with Crippen molar-refractivity contribution in [3.8, 4) is 0 Å². The zero-order chi connectivity index (χ0) is 21.0. The second kappa shape index (κ2) is 7.66. The van der Waals surface area contributed by atoms with Crippen LogP contribution in [0.15, 0.2) is 0 Å². The number of carbonyl (C=O) groups is 2. The molecule has 4 fully saturated rings. The van der Waals surface area contributed by atoms with Crippen LogP contribution >= 0.6 is 0 Å². The van der Waals surface area contributed by atoms with Gasteiger partial charge in [0.15, 0.2) is 0 Å². The first-order valence-electron chi connectivity index (χ1n) is 12.0. The van der Waals surface area contributed by atoms with E-state index in [1.165, 1.54) is 32.8 Å². The van der Waals surface area contributed by atoms with Crippen LogP contribution in [0.4, 0.5) is 0 Å². The maximum Gasteiger partial charge on any atom is 0.305 e. The monoisotopic (exact) mass is 404 g/mol. The fourth-order valence-electron chi connectivity index (χ4n) is 8.64. The molecule has 4 nitrogen and oxygen atoms in total. The molecular formula is C25H40O4. The highest BCUT2D eigenvalue weighted by Crippen LogP contribution is 2.67.